The van der Waals surface area contributed by atoms with Gasteiger partial charge in [0.05, 0.1) is 5.56 Å². The highest BCUT2D eigenvalue weighted by atomic mass is 32.1. The number of hydrogen-bond acceptors (Lipinski definition) is 4. The third-order valence-corrected chi connectivity index (χ3v) is 6.68. The number of amides is 1. The predicted molar refractivity (Wildman–Crippen MR) is 98.7 cm³/mol. The van der Waals surface area contributed by atoms with Crippen LogP contribution in [0.5, 0.6) is 0 Å². The molecule has 0 aliphatic carbocycles. The number of likely N-dealkylation sites (tertiary alicyclic amines) is 2. The van der Waals surface area contributed by atoms with Crippen LogP contribution >= 0.6 is 11.3 Å². The highest BCUT2D eigenvalue weighted by molar-refractivity contribution is 7.10. The third-order valence-electron chi connectivity index (χ3n) is 5.73. The first kappa shape index (κ1) is 17.9. The molecule has 0 radical (unpaired) electrons. The summed E-state index contributed by atoms with van der Waals surface area (Å²) in [5.41, 5.74) is 2.08. The number of aryl methyl sites for hydroxylation is 1. The van der Waals surface area contributed by atoms with E-state index in [4.69, 9.17) is 0 Å². The molecule has 3 heterocycles. The van der Waals surface area contributed by atoms with Crippen molar-refractivity contribution in [2.45, 2.75) is 39.5 Å². The van der Waals surface area contributed by atoms with Gasteiger partial charge in [0, 0.05) is 42.4 Å². The fraction of sp³-hybridized carbons (Fsp3) is 0.737. The maximum Gasteiger partial charge on any atom is 0.255 e. The van der Waals surface area contributed by atoms with Crippen molar-refractivity contribution in [1.82, 2.24) is 9.80 Å². The lowest BCUT2D eigenvalue weighted by atomic mass is 9.95. The maximum atomic E-state index is 13.0. The molecule has 0 aromatic carbocycles. The van der Waals surface area contributed by atoms with Crippen molar-refractivity contribution in [3.05, 3.63) is 21.4 Å². The zero-order valence-corrected chi connectivity index (χ0v) is 15.8. The zero-order valence-electron chi connectivity index (χ0n) is 15.0. The van der Waals surface area contributed by atoms with Crippen molar-refractivity contribution in [2.24, 2.45) is 11.8 Å². The molecule has 0 bridgehead atoms. The van der Waals surface area contributed by atoms with E-state index in [2.05, 4.69) is 18.7 Å². The van der Waals surface area contributed by atoms with Crippen molar-refractivity contribution in [3.63, 3.8) is 0 Å². The topological polar surface area (TPSA) is 43.8 Å². The number of aliphatic hydroxyl groups excluding tert-OH is 1. The van der Waals surface area contributed by atoms with E-state index in [0.717, 1.165) is 25.1 Å². The van der Waals surface area contributed by atoms with E-state index in [0.29, 0.717) is 12.5 Å². The molecule has 134 valence electrons. The van der Waals surface area contributed by atoms with Crippen LogP contribution in [0.1, 0.15) is 47.0 Å². The maximum absolute atomic E-state index is 13.0. The van der Waals surface area contributed by atoms with E-state index in [-0.39, 0.29) is 18.4 Å². The summed E-state index contributed by atoms with van der Waals surface area (Å²) in [5, 5.41) is 11.8. The van der Waals surface area contributed by atoms with Crippen molar-refractivity contribution in [1.29, 1.82) is 0 Å². The monoisotopic (exact) mass is 350 g/mol. The number of thiophene rings is 1. The Balaban J connectivity index is 1.67. The van der Waals surface area contributed by atoms with Crippen molar-refractivity contribution in [3.8, 4) is 0 Å². The Kier molecular flexibility index (Phi) is 5.95. The van der Waals surface area contributed by atoms with Gasteiger partial charge in [0.2, 0.25) is 0 Å². The van der Waals surface area contributed by atoms with Gasteiger partial charge in [0.15, 0.2) is 0 Å². The van der Waals surface area contributed by atoms with Crippen LogP contribution in [0.15, 0.2) is 5.38 Å². The number of piperidine rings is 1. The molecule has 2 aliphatic rings. The lowest BCUT2D eigenvalue weighted by Crippen LogP contribution is -2.37. The van der Waals surface area contributed by atoms with Crippen molar-refractivity contribution in [2.75, 3.05) is 39.3 Å². The minimum atomic E-state index is 0.163. The zero-order chi connectivity index (χ0) is 17.1. The van der Waals surface area contributed by atoms with Gasteiger partial charge in [-0.2, -0.15) is 0 Å². The summed E-state index contributed by atoms with van der Waals surface area (Å²) in [6, 6.07) is 0. The number of hydrogen-bond donors (Lipinski definition) is 1. The molecule has 24 heavy (non-hydrogen) atoms. The number of carbonyl (C=O) groups is 1. The van der Waals surface area contributed by atoms with Gasteiger partial charge >= 0.3 is 0 Å². The molecule has 1 aromatic heterocycles. The second-order valence-electron chi connectivity index (χ2n) is 7.31. The van der Waals surface area contributed by atoms with E-state index >= 15 is 0 Å². The Morgan fingerprint density at radius 3 is 2.62 bits per heavy atom. The summed E-state index contributed by atoms with van der Waals surface area (Å²) < 4.78 is 0. The first-order valence-electron chi connectivity index (χ1n) is 9.33. The van der Waals surface area contributed by atoms with Gasteiger partial charge in [0.1, 0.15) is 0 Å². The molecule has 3 rings (SSSR count). The number of carbonyl (C=O) groups excluding carboxylic acids is 1. The van der Waals surface area contributed by atoms with E-state index in [1.165, 1.54) is 42.8 Å². The molecule has 0 saturated carbocycles. The number of nitrogens with zero attached hydrogens (tertiary/aromatic N) is 2. The Labute approximate surface area is 149 Å². The quantitative estimate of drug-likeness (QED) is 0.888. The smallest absolute Gasteiger partial charge is 0.255 e. The van der Waals surface area contributed by atoms with E-state index < -0.39 is 0 Å². The lowest BCUT2D eigenvalue weighted by Gasteiger charge is -2.30. The number of aliphatic hydroxyl groups is 1. The van der Waals surface area contributed by atoms with Gasteiger partial charge in [-0.3, -0.25) is 4.79 Å². The van der Waals surface area contributed by atoms with Crippen LogP contribution in [0.2, 0.25) is 0 Å². The first-order chi connectivity index (χ1) is 11.6. The third kappa shape index (κ3) is 3.68. The largest absolute Gasteiger partial charge is 0.396 e. The van der Waals surface area contributed by atoms with Gasteiger partial charge < -0.3 is 14.9 Å². The van der Waals surface area contributed by atoms with Crippen LogP contribution in [0.25, 0.3) is 0 Å². The van der Waals surface area contributed by atoms with Crippen LogP contribution in [-0.4, -0.2) is 60.1 Å². The minimum Gasteiger partial charge on any atom is -0.396 e. The Morgan fingerprint density at radius 2 is 1.96 bits per heavy atom. The van der Waals surface area contributed by atoms with E-state index in [9.17, 15) is 9.90 Å². The summed E-state index contributed by atoms with van der Waals surface area (Å²) in [7, 11) is 0. The number of rotatable bonds is 5. The second kappa shape index (κ2) is 7.98. The van der Waals surface area contributed by atoms with Crippen LogP contribution < -0.4 is 0 Å². The fourth-order valence-electron chi connectivity index (χ4n) is 4.26. The molecule has 1 aromatic rings. The Morgan fingerprint density at radius 1 is 1.25 bits per heavy atom. The average Bonchev–Trinajstić information content (AvgIpc) is 3.18. The molecule has 2 saturated heterocycles. The summed E-state index contributed by atoms with van der Waals surface area (Å²) in [6.07, 6.45) is 4.82. The molecule has 2 atom stereocenters. The van der Waals surface area contributed by atoms with E-state index in [1.54, 1.807) is 11.3 Å². The Hall–Kier alpha value is -0.910. The lowest BCUT2D eigenvalue weighted by molar-refractivity contribution is 0.0778. The second-order valence-corrected chi connectivity index (χ2v) is 8.40. The molecule has 0 spiro atoms. The van der Waals surface area contributed by atoms with Gasteiger partial charge in [0.25, 0.3) is 5.91 Å². The molecule has 2 fully saturated rings. The minimum absolute atomic E-state index is 0.163. The van der Waals surface area contributed by atoms with Crippen LogP contribution in [0, 0.1) is 18.8 Å². The molecular formula is C19H30N2O2S. The van der Waals surface area contributed by atoms with Crippen LogP contribution in [-0.2, 0) is 6.42 Å². The highest BCUT2D eigenvalue weighted by Crippen LogP contribution is 2.29. The fourth-order valence-corrected chi connectivity index (χ4v) is 5.19. The molecule has 0 unspecified atom stereocenters. The Bertz CT molecular complexity index is 566. The van der Waals surface area contributed by atoms with Gasteiger partial charge in [-0.05, 0) is 50.8 Å². The van der Waals surface area contributed by atoms with Gasteiger partial charge in [-0.1, -0.05) is 13.3 Å². The summed E-state index contributed by atoms with van der Waals surface area (Å²) in [5.74, 6) is 0.790. The normalized spacial score (nSPS) is 25.4. The van der Waals surface area contributed by atoms with Crippen molar-refractivity contribution < 1.29 is 9.90 Å². The summed E-state index contributed by atoms with van der Waals surface area (Å²) >= 11 is 1.67. The standard InChI is InChI=1S/C19H30N2O2S/c1-3-17-14(2)24-13-18(17)19(23)21-10-15(16(11-21)12-22)9-20-7-5-4-6-8-20/h13,15-16,22H,3-12H2,1-2H3/t15-,16-/m1/s1. The highest BCUT2D eigenvalue weighted by Gasteiger charge is 2.36. The molecule has 1 amide bonds. The molecule has 4 nitrogen and oxygen atoms in total. The molecule has 1 N–H and O–H groups in total. The summed E-state index contributed by atoms with van der Waals surface area (Å²) in [6.45, 7) is 9.26. The van der Waals surface area contributed by atoms with Crippen LogP contribution in [0.4, 0.5) is 0 Å². The van der Waals surface area contributed by atoms with E-state index in [1.807, 2.05) is 10.3 Å². The molecular weight excluding hydrogens is 320 g/mol. The first-order valence-corrected chi connectivity index (χ1v) is 10.2. The molecule has 2 aliphatic heterocycles. The SMILES string of the molecule is CCc1c(C(=O)N2C[C@@H](CN3CCCCC3)[C@@H](CO)C2)csc1C. The average molecular weight is 351 g/mol. The van der Waals surface area contributed by atoms with Crippen LogP contribution in [0.3, 0.4) is 0 Å². The summed E-state index contributed by atoms with van der Waals surface area (Å²) in [4.78, 5) is 18.7. The molecule has 5 heteroatoms. The van der Waals surface area contributed by atoms with Gasteiger partial charge in [-0.15, -0.1) is 11.3 Å². The van der Waals surface area contributed by atoms with Gasteiger partial charge in [-0.25, -0.2) is 0 Å². The predicted octanol–water partition coefficient (Wildman–Crippen LogP) is 2.79. The van der Waals surface area contributed by atoms with Crippen molar-refractivity contribution >= 4 is 17.2 Å².